The second-order valence-electron chi connectivity index (χ2n) is 6.38. The average molecular weight is 265 g/mol. The molecule has 1 aromatic rings. The first kappa shape index (κ1) is 14.3. The molecule has 3 heteroatoms. The lowest BCUT2D eigenvalue weighted by molar-refractivity contribution is 0.199. The van der Waals surface area contributed by atoms with E-state index in [-0.39, 0.29) is 5.82 Å². The minimum absolute atomic E-state index is 0.283. The summed E-state index contributed by atoms with van der Waals surface area (Å²) >= 11 is 0. The van der Waals surface area contributed by atoms with E-state index in [0.717, 1.165) is 31.6 Å². The van der Waals surface area contributed by atoms with E-state index >= 15 is 0 Å². The highest BCUT2D eigenvalue weighted by molar-refractivity contribution is 5.55. The maximum atomic E-state index is 13.3. The fourth-order valence-corrected chi connectivity index (χ4v) is 2.81. The topological polar surface area (TPSA) is 23.5 Å². The first-order valence-electron chi connectivity index (χ1n) is 7.11. The molecule has 19 heavy (non-hydrogen) atoms. The predicted octanol–water partition coefficient (Wildman–Crippen LogP) is 3.90. The van der Waals surface area contributed by atoms with Crippen molar-refractivity contribution in [3.63, 3.8) is 0 Å². The van der Waals surface area contributed by atoms with Gasteiger partial charge in [0.1, 0.15) is 5.82 Å². The summed E-state index contributed by atoms with van der Waals surface area (Å²) in [6.45, 7) is 8.25. The molecule has 0 spiro atoms. The number of aliphatic hydroxyl groups excluding tert-OH is 1. The summed E-state index contributed by atoms with van der Waals surface area (Å²) in [6.07, 6.45) is 2.85. The number of hydrogen-bond donors (Lipinski definition) is 1. The van der Waals surface area contributed by atoms with Gasteiger partial charge in [0.15, 0.2) is 0 Å². The Kier molecular flexibility index (Phi) is 4.14. The van der Waals surface area contributed by atoms with Crippen molar-refractivity contribution in [3.8, 4) is 0 Å². The van der Waals surface area contributed by atoms with Gasteiger partial charge in [0.2, 0.25) is 0 Å². The van der Waals surface area contributed by atoms with Crippen molar-refractivity contribution in [1.82, 2.24) is 0 Å². The van der Waals surface area contributed by atoms with Crippen molar-refractivity contribution in [2.24, 2.45) is 5.41 Å². The second-order valence-corrected chi connectivity index (χ2v) is 6.38. The molecule has 106 valence electrons. The van der Waals surface area contributed by atoms with Gasteiger partial charge < -0.3 is 10.0 Å². The van der Waals surface area contributed by atoms with Gasteiger partial charge in [0, 0.05) is 24.3 Å². The summed E-state index contributed by atoms with van der Waals surface area (Å²) in [5.41, 5.74) is 2.05. The Morgan fingerprint density at radius 3 is 2.68 bits per heavy atom. The number of hydrogen-bond acceptors (Lipinski definition) is 2. The molecule has 0 amide bonds. The Hall–Kier alpha value is -1.09. The maximum absolute atomic E-state index is 13.3. The van der Waals surface area contributed by atoms with Crippen molar-refractivity contribution < 1.29 is 9.50 Å². The molecule has 0 radical (unpaired) electrons. The van der Waals surface area contributed by atoms with Crippen LogP contribution in [0.3, 0.4) is 0 Å². The van der Waals surface area contributed by atoms with Gasteiger partial charge in [-0.15, -0.1) is 0 Å². The third-order valence-electron chi connectivity index (χ3n) is 4.12. The zero-order valence-electron chi connectivity index (χ0n) is 12.1. The van der Waals surface area contributed by atoms with E-state index in [1.807, 2.05) is 0 Å². The molecule has 1 atom stereocenters. The zero-order valence-corrected chi connectivity index (χ0v) is 12.1. The number of benzene rings is 1. The van der Waals surface area contributed by atoms with Crippen LogP contribution >= 0.6 is 0 Å². The van der Waals surface area contributed by atoms with Gasteiger partial charge in [-0.1, -0.05) is 13.8 Å². The fourth-order valence-electron chi connectivity index (χ4n) is 2.81. The normalized spacial score (nSPS) is 21.0. The van der Waals surface area contributed by atoms with E-state index < -0.39 is 6.10 Å². The molecule has 0 aliphatic carbocycles. The standard InChI is InChI=1S/C16H24FNO/c1-12(19)14-11-13(17)5-6-15(14)18-9-4-7-16(2,3)8-10-18/h5-6,11-12,19H,4,7-10H2,1-3H3. The van der Waals surface area contributed by atoms with E-state index in [2.05, 4.69) is 18.7 Å². The van der Waals surface area contributed by atoms with Crippen LogP contribution in [0.5, 0.6) is 0 Å². The van der Waals surface area contributed by atoms with Crippen LogP contribution in [0.4, 0.5) is 10.1 Å². The molecule has 2 rings (SSSR count). The van der Waals surface area contributed by atoms with Crippen molar-refractivity contribution in [1.29, 1.82) is 0 Å². The molecule has 0 bridgehead atoms. The fraction of sp³-hybridized carbons (Fsp3) is 0.625. The molecule has 1 aliphatic heterocycles. The van der Waals surface area contributed by atoms with Crippen molar-refractivity contribution in [3.05, 3.63) is 29.6 Å². The van der Waals surface area contributed by atoms with Crippen LogP contribution < -0.4 is 4.90 Å². The summed E-state index contributed by atoms with van der Waals surface area (Å²) in [7, 11) is 0. The monoisotopic (exact) mass is 265 g/mol. The Bertz CT molecular complexity index is 442. The molecule has 1 N–H and O–H groups in total. The molecule has 1 fully saturated rings. The van der Waals surface area contributed by atoms with Crippen molar-refractivity contribution in [2.75, 3.05) is 18.0 Å². The van der Waals surface area contributed by atoms with Gasteiger partial charge in [-0.05, 0) is 49.8 Å². The van der Waals surface area contributed by atoms with Crippen LogP contribution in [0.1, 0.15) is 51.7 Å². The molecule has 1 heterocycles. The first-order valence-corrected chi connectivity index (χ1v) is 7.11. The third kappa shape index (κ3) is 3.47. The number of anilines is 1. The lowest BCUT2D eigenvalue weighted by Gasteiger charge is -2.27. The third-order valence-corrected chi connectivity index (χ3v) is 4.12. The molecule has 1 aromatic carbocycles. The van der Waals surface area contributed by atoms with Crippen LogP contribution in [0.15, 0.2) is 18.2 Å². The lowest BCUT2D eigenvalue weighted by atomic mass is 9.85. The van der Waals surface area contributed by atoms with Crippen molar-refractivity contribution >= 4 is 5.69 Å². The molecular weight excluding hydrogens is 241 g/mol. The Morgan fingerprint density at radius 2 is 2.00 bits per heavy atom. The van der Waals surface area contributed by atoms with E-state index in [0.29, 0.717) is 11.0 Å². The molecule has 2 nitrogen and oxygen atoms in total. The average Bonchev–Trinajstić information content (AvgIpc) is 2.50. The second kappa shape index (κ2) is 5.49. The molecule has 1 unspecified atom stereocenters. The maximum Gasteiger partial charge on any atom is 0.123 e. The SMILES string of the molecule is CC(O)c1cc(F)ccc1N1CCCC(C)(C)CC1. The van der Waals surface area contributed by atoms with Gasteiger partial charge >= 0.3 is 0 Å². The molecule has 0 saturated carbocycles. The Labute approximate surface area is 115 Å². The summed E-state index contributed by atoms with van der Waals surface area (Å²) in [5.74, 6) is -0.283. The van der Waals surface area contributed by atoms with Gasteiger partial charge in [-0.2, -0.15) is 0 Å². The number of halogens is 1. The number of nitrogens with zero attached hydrogens (tertiary/aromatic N) is 1. The number of rotatable bonds is 2. The minimum Gasteiger partial charge on any atom is -0.389 e. The van der Waals surface area contributed by atoms with Gasteiger partial charge in [-0.3, -0.25) is 0 Å². The summed E-state index contributed by atoms with van der Waals surface area (Å²) in [5, 5.41) is 9.84. The summed E-state index contributed by atoms with van der Waals surface area (Å²) in [4.78, 5) is 2.29. The van der Waals surface area contributed by atoms with E-state index in [9.17, 15) is 9.50 Å². The zero-order chi connectivity index (χ0) is 14.0. The van der Waals surface area contributed by atoms with Crippen LogP contribution in [0.2, 0.25) is 0 Å². The van der Waals surface area contributed by atoms with Gasteiger partial charge in [-0.25, -0.2) is 4.39 Å². The summed E-state index contributed by atoms with van der Waals surface area (Å²) < 4.78 is 13.3. The molecular formula is C16H24FNO. The van der Waals surface area contributed by atoms with Crippen LogP contribution in [0, 0.1) is 11.2 Å². The van der Waals surface area contributed by atoms with E-state index in [4.69, 9.17) is 0 Å². The highest BCUT2D eigenvalue weighted by atomic mass is 19.1. The van der Waals surface area contributed by atoms with Crippen LogP contribution in [-0.4, -0.2) is 18.2 Å². The van der Waals surface area contributed by atoms with Crippen molar-refractivity contribution in [2.45, 2.75) is 46.1 Å². The Morgan fingerprint density at radius 1 is 1.26 bits per heavy atom. The van der Waals surface area contributed by atoms with E-state index in [1.54, 1.807) is 13.0 Å². The number of aliphatic hydroxyl groups is 1. The highest BCUT2D eigenvalue weighted by Gasteiger charge is 2.24. The minimum atomic E-state index is -0.637. The van der Waals surface area contributed by atoms with Gasteiger partial charge in [0.05, 0.1) is 6.10 Å². The summed E-state index contributed by atoms with van der Waals surface area (Å²) in [6, 6.07) is 4.74. The van der Waals surface area contributed by atoms with Crippen LogP contribution in [0.25, 0.3) is 0 Å². The lowest BCUT2D eigenvalue weighted by Crippen LogP contribution is -2.26. The van der Waals surface area contributed by atoms with E-state index in [1.165, 1.54) is 18.6 Å². The molecule has 1 aliphatic rings. The smallest absolute Gasteiger partial charge is 0.123 e. The highest BCUT2D eigenvalue weighted by Crippen LogP contribution is 2.34. The first-order chi connectivity index (χ1) is 8.89. The predicted molar refractivity (Wildman–Crippen MR) is 76.9 cm³/mol. The Balaban J connectivity index is 2.26. The largest absolute Gasteiger partial charge is 0.389 e. The molecule has 0 aromatic heterocycles. The molecule has 1 saturated heterocycles. The quantitative estimate of drug-likeness (QED) is 0.876. The van der Waals surface area contributed by atoms with Crippen LogP contribution in [-0.2, 0) is 0 Å². The van der Waals surface area contributed by atoms with Gasteiger partial charge in [0.25, 0.3) is 0 Å².